The van der Waals surface area contributed by atoms with Gasteiger partial charge in [0.05, 0.1) is 19.6 Å². The summed E-state index contributed by atoms with van der Waals surface area (Å²) in [5.74, 6) is 5.95. The number of aromatic nitrogens is 1. The van der Waals surface area contributed by atoms with Crippen LogP contribution in [0.15, 0.2) is 42.6 Å². The van der Waals surface area contributed by atoms with Crippen LogP contribution in [0.5, 0.6) is 0 Å². The molecule has 0 unspecified atom stereocenters. The first-order valence-electron chi connectivity index (χ1n) is 8.59. The van der Waals surface area contributed by atoms with E-state index in [1.807, 2.05) is 18.3 Å². The molecular weight excluding hydrogens is 328 g/mol. The molecule has 140 valence electrons. The van der Waals surface area contributed by atoms with Crippen molar-refractivity contribution >= 4 is 11.7 Å². The van der Waals surface area contributed by atoms with Crippen LogP contribution >= 0.6 is 0 Å². The van der Waals surface area contributed by atoms with Gasteiger partial charge in [-0.1, -0.05) is 37.8 Å². The lowest BCUT2D eigenvalue weighted by molar-refractivity contribution is -0.120. The van der Waals surface area contributed by atoms with E-state index in [1.165, 1.54) is 11.1 Å². The number of nitrogens with zero attached hydrogens (tertiary/aromatic N) is 2. The predicted molar refractivity (Wildman–Crippen MR) is 104 cm³/mol. The molecular formula is C20H28N4O2. The molecule has 1 aromatic heterocycles. The van der Waals surface area contributed by atoms with Gasteiger partial charge in [-0.25, -0.2) is 10.8 Å². The van der Waals surface area contributed by atoms with Crippen LogP contribution in [0, 0.1) is 0 Å². The number of morpholine rings is 1. The summed E-state index contributed by atoms with van der Waals surface area (Å²) in [6, 6.07) is 12.3. The van der Waals surface area contributed by atoms with Crippen molar-refractivity contribution < 1.29 is 9.53 Å². The maximum absolute atomic E-state index is 11.3. The van der Waals surface area contributed by atoms with Gasteiger partial charge in [0, 0.05) is 19.3 Å². The summed E-state index contributed by atoms with van der Waals surface area (Å²) in [5, 5.41) is 0. The number of nitrogens with one attached hydrogen (secondary N) is 1. The highest BCUT2D eigenvalue weighted by Crippen LogP contribution is 2.15. The van der Waals surface area contributed by atoms with Crippen LogP contribution in [0.2, 0.25) is 0 Å². The summed E-state index contributed by atoms with van der Waals surface area (Å²) in [6.45, 7) is 3.35. The van der Waals surface area contributed by atoms with Crippen molar-refractivity contribution in [2.75, 3.05) is 31.2 Å². The van der Waals surface area contributed by atoms with Crippen LogP contribution in [0.1, 0.15) is 24.1 Å². The molecule has 6 nitrogen and oxygen atoms in total. The Morgan fingerprint density at radius 1 is 1.04 bits per heavy atom. The number of hydrogen-bond donors (Lipinski definition) is 2. The van der Waals surface area contributed by atoms with Crippen LogP contribution in [0.3, 0.4) is 0 Å². The zero-order chi connectivity index (χ0) is 17.5. The smallest absolute Gasteiger partial charge is 0.238 e. The number of ether oxygens (including phenoxy) is 1. The molecule has 1 fully saturated rings. The zero-order valence-electron chi connectivity index (χ0n) is 14.3. The van der Waals surface area contributed by atoms with E-state index in [4.69, 9.17) is 10.6 Å². The van der Waals surface area contributed by atoms with E-state index in [0.29, 0.717) is 6.42 Å². The van der Waals surface area contributed by atoms with Gasteiger partial charge in [-0.2, -0.15) is 0 Å². The Morgan fingerprint density at radius 2 is 1.65 bits per heavy atom. The van der Waals surface area contributed by atoms with Gasteiger partial charge in [0.1, 0.15) is 5.82 Å². The number of nitrogens with two attached hydrogens (primary N) is 1. The molecule has 0 bridgehead atoms. The second-order valence-corrected chi connectivity index (χ2v) is 6.18. The number of anilines is 1. The number of carbonyl (C=O) groups excluding carboxylic acids is 1. The number of benzene rings is 1. The Balaban J connectivity index is 0.00000243. The lowest BCUT2D eigenvalue weighted by Crippen LogP contribution is -2.36. The molecule has 1 amide bonds. The monoisotopic (exact) mass is 356 g/mol. The number of pyridine rings is 1. The molecule has 3 rings (SSSR count). The first-order valence-corrected chi connectivity index (χ1v) is 8.59. The minimum atomic E-state index is -0.181. The fourth-order valence-electron chi connectivity index (χ4n) is 2.89. The summed E-state index contributed by atoms with van der Waals surface area (Å²) in [7, 11) is 0. The van der Waals surface area contributed by atoms with Crippen molar-refractivity contribution in [3.63, 3.8) is 0 Å². The molecule has 0 spiro atoms. The highest BCUT2D eigenvalue weighted by Gasteiger charge is 2.11. The highest BCUT2D eigenvalue weighted by atomic mass is 16.5. The van der Waals surface area contributed by atoms with E-state index in [0.717, 1.165) is 50.5 Å². The second-order valence-electron chi connectivity index (χ2n) is 6.18. The van der Waals surface area contributed by atoms with Crippen LogP contribution in [0.4, 0.5) is 5.82 Å². The molecule has 2 heterocycles. The van der Waals surface area contributed by atoms with Crippen molar-refractivity contribution in [1.82, 2.24) is 10.4 Å². The van der Waals surface area contributed by atoms with E-state index < -0.39 is 0 Å². The molecule has 1 aromatic carbocycles. The Kier molecular flexibility index (Phi) is 7.56. The van der Waals surface area contributed by atoms with E-state index in [9.17, 15) is 4.79 Å². The standard InChI is InChI=1S/C19H24N4O2.CH4/c20-22-19(24)13-16-4-1-15(2-5-16)3-6-17-7-8-18(21-14-17)23-9-11-25-12-10-23;/h1-2,4-5,7-8,14H,3,6,9-13,20H2,(H,22,24);1H4. The second kappa shape index (κ2) is 9.89. The van der Waals surface area contributed by atoms with Gasteiger partial charge in [-0.3, -0.25) is 10.2 Å². The van der Waals surface area contributed by atoms with Gasteiger partial charge in [0.15, 0.2) is 0 Å². The Morgan fingerprint density at radius 3 is 2.27 bits per heavy atom. The normalized spacial score (nSPS) is 13.8. The summed E-state index contributed by atoms with van der Waals surface area (Å²) < 4.78 is 5.37. The maximum Gasteiger partial charge on any atom is 0.238 e. The average molecular weight is 356 g/mol. The van der Waals surface area contributed by atoms with Crippen molar-refractivity contribution in [3.8, 4) is 0 Å². The third-order valence-electron chi connectivity index (χ3n) is 4.40. The summed E-state index contributed by atoms with van der Waals surface area (Å²) >= 11 is 0. The van der Waals surface area contributed by atoms with Gasteiger partial charge in [0.25, 0.3) is 0 Å². The third kappa shape index (κ3) is 5.54. The van der Waals surface area contributed by atoms with Crippen molar-refractivity contribution in [3.05, 3.63) is 59.3 Å². The molecule has 0 radical (unpaired) electrons. The number of rotatable bonds is 6. The van der Waals surface area contributed by atoms with E-state index in [-0.39, 0.29) is 13.3 Å². The lowest BCUT2D eigenvalue weighted by atomic mass is 10.0. The molecule has 0 atom stereocenters. The van der Waals surface area contributed by atoms with Crippen molar-refractivity contribution in [2.24, 2.45) is 5.84 Å². The minimum Gasteiger partial charge on any atom is -0.378 e. The third-order valence-corrected chi connectivity index (χ3v) is 4.40. The topological polar surface area (TPSA) is 80.5 Å². The van der Waals surface area contributed by atoms with Gasteiger partial charge >= 0.3 is 0 Å². The summed E-state index contributed by atoms with van der Waals surface area (Å²) in [6.07, 6.45) is 4.16. The van der Waals surface area contributed by atoms with Crippen LogP contribution in [-0.4, -0.2) is 37.2 Å². The number of aryl methyl sites for hydroxylation is 2. The van der Waals surface area contributed by atoms with Gasteiger partial charge in [-0.05, 0) is 35.6 Å². The maximum atomic E-state index is 11.3. The Hall–Kier alpha value is -2.44. The van der Waals surface area contributed by atoms with Crippen molar-refractivity contribution in [2.45, 2.75) is 26.7 Å². The van der Waals surface area contributed by atoms with Crippen LogP contribution in [0.25, 0.3) is 0 Å². The van der Waals surface area contributed by atoms with E-state index in [1.54, 1.807) is 0 Å². The molecule has 2 aromatic rings. The van der Waals surface area contributed by atoms with Crippen LogP contribution < -0.4 is 16.2 Å². The van der Waals surface area contributed by atoms with Crippen molar-refractivity contribution in [1.29, 1.82) is 0 Å². The molecule has 0 aliphatic carbocycles. The molecule has 0 saturated carbocycles. The number of carbonyl (C=O) groups is 1. The predicted octanol–water partition coefficient (Wildman–Crippen LogP) is 1.87. The molecule has 1 aliphatic rings. The average Bonchev–Trinajstić information content (AvgIpc) is 2.68. The number of amides is 1. The molecule has 6 heteroatoms. The Labute approximate surface area is 155 Å². The SMILES string of the molecule is C.NNC(=O)Cc1ccc(CCc2ccc(N3CCOCC3)nc2)cc1. The summed E-state index contributed by atoms with van der Waals surface area (Å²) in [4.78, 5) is 18.1. The number of hydrazine groups is 1. The minimum absolute atomic E-state index is 0. The number of hydrogen-bond acceptors (Lipinski definition) is 5. The van der Waals surface area contributed by atoms with Gasteiger partial charge in [-0.15, -0.1) is 0 Å². The largest absolute Gasteiger partial charge is 0.378 e. The lowest BCUT2D eigenvalue weighted by Gasteiger charge is -2.27. The van der Waals surface area contributed by atoms with Crippen LogP contribution in [-0.2, 0) is 28.8 Å². The first kappa shape index (κ1) is 19.9. The van der Waals surface area contributed by atoms with E-state index in [2.05, 4.69) is 39.6 Å². The quantitative estimate of drug-likeness (QED) is 0.469. The molecule has 1 saturated heterocycles. The molecule has 26 heavy (non-hydrogen) atoms. The first-order chi connectivity index (χ1) is 12.2. The molecule has 3 N–H and O–H groups in total. The highest BCUT2D eigenvalue weighted by molar-refractivity contribution is 5.77. The fourth-order valence-corrected chi connectivity index (χ4v) is 2.89. The molecule has 1 aliphatic heterocycles. The van der Waals surface area contributed by atoms with Gasteiger partial charge < -0.3 is 9.64 Å². The summed E-state index contributed by atoms with van der Waals surface area (Å²) in [5.41, 5.74) is 5.58. The zero-order valence-corrected chi connectivity index (χ0v) is 14.3. The Bertz CT molecular complexity index is 680. The fraction of sp³-hybridized carbons (Fsp3) is 0.400. The van der Waals surface area contributed by atoms with Gasteiger partial charge in [0.2, 0.25) is 5.91 Å². The van der Waals surface area contributed by atoms with E-state index >= 15 is 0 Å².